The fourth-order valence-corrected chi connectivity index (χ4v) is 1.39. The molecule has 0 aliphatic rings. The zero-order valence-corrected chi connectivity index (χ0v) is 9.70. The van der Waals surface area contributed by atoms with Gasteiger partial charge >= 0.3 is 12.4 Å². The minimum Gasteiger partial charge on any atom is -0.298 e. The SMILES string of the molecule is O=C/C(=C(/Cl)C(F)(F)F)c1ccc(C(F)(F)F)cc1. The van der Waals surface area contributed by atoms with E-state index in [9.17, 15) is 31.1 Å². The van der Waals surface area contributed by atoms with Gasteiger partial charge in [-0.05, 0) is 17.7 Å². The van der Waals surface area contributed by atoms with Crippen molar-refractivity contribution in [3.8, 4) is 0 Å². The number of hydrogen-bond acceptors (Lipinski definition) is 1. The van der Waals surface area contributed by atoms with Crippen molar-refractivity contribution in [3.63, 3.8) is 0 Å². The van der Waals surface area contributed by atoms with Gasteiger partial charge in [-0.25, -0.2) is 0 Å². The first-order valence-corrected chi connectivity index (χ1v) is 5.05. The highest BCUT2D eigenvalue weighted by molar-refractivity contribution is 6.37. The van der Waals surface area contributed by atoms with Gasteiger partial charge in [-0.2, -0.15) is 26.3 Å². The van der Waals surface area contributed by atoms with Crippen molar-refractivity contribution >= 4 is 23.5 Å². The maximum absolute atomic E-state index is 12.3. The molecule has 0 aromatic heterocycles. The molecule has 0 N–H and O–H groups in total. The number of benzene rings is 1. The topological polar surface area (TPSA) is 17.1 Å². The molecule has 0 unspecified atom stereocenters. The second kappa shape index (κ2) is 5.24. The molecule has 0 heterocycles. The van der Waals surface area contributed by atoms with Crippen LogP contribution in [0.2, 0.25) is 0 Å². The summed E-state index contributed by atoms with van der Waals surface area (Å²) < 4.78 is 73.7. The first-order valence-electron chi connectivity index (χ1n) is 4.67. The van der Waals surface area contributed by atoms with E-state index in [1.165, 1.54) is 0 Å². The third-order valence-electron chi connectivity index (χ3n) is 2.13. The number of hydrogen-bond donors (Lipinski definition) is 0. The van der Waals surface area contributed by atoms with E-state index in [2.05, 4.69) is 0 Å². The molecule has 1 aromatic carbocycles. The molecule has 0 fully saturated rings. The van der Waals surface area contributed by atoms with Crippen LogP contribution >= 0.6 is 11.6 Å². The maximum Gasteiger partial charge on any atom is 0.427 e. The van der Waals surface area contributed by atoms with E-state index in [1.807, 2.05) is 0 Å². The highest BCUT2D eigenvalue weighted by Crippen LogP contribution is 2.35. The summed E-state index contributed by atoms with van der Waals surface area (Å²) in [5.41, 5.74) is -2.29. The van der Waals surface area contributed by atoms with Crippen molar-refractivity contribution in [1.29, 1.82) is 0 Å². The number of alkyl halides is 6. The van der Waals surface area contributed by atoms with Crippen molar-refractivity contribution in [1.82, 2.24) is 0 Å². The number of carbonyl (C=O) groups excluding carboxylic acids is 1. The largest absolute Gasteiger partial charge is 0.427 e. The Kier molecular flexibility index (Phi) is 4.29. The van der Waals surface area contributed by atoms with Gasteiger partial charge in [0.25, 0.3) is 0 Å². The molecule has 19 heavy (non-hydrogen) atoms. The van der Waals surface area contributed by atoms with Crippen LogP contribution in [0.5, 0.6) is 0 Å². The van der Waals surface area contributed by atoms with E-state index in [1.54, 1.807) is 0 Å². The van der Waals surface area contributed by atoms with Crippen LogP contribution in [0.25, 0.3) is 5.57 Å². The third-order valence-corrected chi connectivity index (χ3v) is 2.54. The molecular weight excluding hydrogens is 298 g/mol. The molecule has 0 amide bonds. The molecule has 0 radical (unpaired) electrons. The van der Waals surface area contributed by atoms with E-state index in [-0.39, 0.29) is 11.8 Å². The number of aldehydes is 1. The average Bonchev–Trinajstić information content (AvgIpc) is 2.28. The highest BCUT2D eigenvalue weighted by atomic mass is 35.5. The van der Waals surface area contributed by atoms with Crippen molar-refractivity contribution in [3.05, 3.63) is 40.4 Å². The molecule has 0 aliphatic carbocycles. The lowest BCUT2D eigenvalue weighted by atomic mass is 10.0. The van der Waals surface area contributed by atoms with E-state index in [4.69, 9.17) is 11.6 Å². The minimum atomic E-state index is -4.94. The van der Waals surface area contributed by atoms with Crippen LogP contribution < -0.4 is 0 Å². The Morgan fingerprint density at radius 2 is 1.47 bits per heavy atom. The summed E-state index contributed by atoms with van der Waals surface area (Å²) in [6.45, 7) is 0. The molecular formula is C11H5ClF6O. The van der Waals surface area contributed by atoms with Crippen molar-refractivity contribution < 1.29 is 31.1 Å². The predicted molar refractivity (Wildman–Crippen MR) is 56.3 cm³/mol. The van der Waals surface area contributed by atoms with Gasteiger partial charge in [-0.3, -0.25) is 4.79 Å². The Balaban J connectivity index is 3.26. The first kappa shape index (κ1) is 15.6. The molecule has 0 saturated carbocycles. The smallest absolute Gasteiger partial charge is 0.298 e. The monoisotopic (exact) mass is 302 g/mol. The van der Waals surface area contributed by atoms with Crippen LogP contribution in [0.15, 0.2) is 29.3 Å². The van der Waals surface area contributed by atoms with Crippen molar-refractivity contribution in [2.45, 2.75) is 12.4 Å². The first-order chi connectivity index (χ1) is 8.57. The Bertz CT molecular complexity index is 497. The molecule has 1 rings (SSSR count). The van der Waals surface area contributed by atoms with Gasteiger partial charge < -0.3 is 0 Å². The highest BCUT2D eigenvalue weighted by Gasteiger charge is 2.36. The van der Waals surface area contributed by atoms with E-state index < -0.39 is 28.5 Å². The Labute approximate surface area is 108 Å². The quantitative estimate of drug-likeness (QED) is 0.449. The molecule has 0 saturated heterocycles. The number of carbonyl (C=O) groups is 1. The van der Waals surface area contributed by atoms with Gasteiger partial charge in [-0.1, -0.05) is 23.7 Å². The average molecular weight is 303 g/mol. The number of halogens is 7. The van der Waals surface area contributed by atoms with Crippen LogP contribution in [0.1, 0.15) is 11.1 Å². The number of allylic oxidation sites excluding steroid dienone is 2. The van der Waals surface area contributed by atoms with Gasteiger partial charge in [-0.15, -0.1) is 0 Å². The third kappa shape index (κ3) is 3.73. The van der Waals surface area contributed by atoms with E-state index in [0.717, 1.165) is 12.1 Å². The van der Waals surface area contributed by atoms with Gasteiger partial charge in [0, 0.05) is 5.57 Å². The van der Waals surface area contributed by atoms with Crippen molar-refractivity contribution in [2.24, 2.45) is 0 Å². The van der Waals surface area contributed by atoms with Crippen LogP contribution in [0.3, 0.4) is 0 Å². The van der Waals surface area contributed by atoms with Crippen LogP contribution in [-0.4, -0.2) is 12.5 Å². The van der Waals surface area contributed by atoms with Crippen molar-refractivity contribution in [2.75, 3.05) is 0 Å². The molecule has 0 spiro atoms. The summed E-state index contributed by atoms with van der Waals surface area (Å²) >= 11 is 4.99. The van der Waals surface area contributed by atoms with Gasteiger partial charge in [0.1, 0.15) is 5.03 Å². The zero-order valence-electron chi connectivity index (χ0n) is 8.94. The molecule has 0 aliphatic heterocycles. The van der Waals surface area contributed by atoms with Crippen LogP contribution in [-0.2, 0) is 11.0 Å². The van der Waals surface area contributed by atoms with Gasteiger partial charge in [0.2, 0.25) is 0 Å². The van der Waals surface area contributed by atoms with Gasteiger partial charge in [0.15, 0.2) is 6.29 Å². The summed E-state index contributed by atoms with van der Waals surface area (Å²) in [7, 11) is 0. The summed E-state index contributed by atoms with van der Waals surface area (Å²) in [5, 5.41) is -1.68. The van der Waals surface area contributed by atoms with Gasteiger partial charge in [0.05, 0.1) is 5.56 Å². The van der Waals surface area contributed by atoms with Crippen LogP contribution in [0.4, 0.5) is 26.3 Å². The molecule has 104 valence electrons. The zero-order chi connectivity index (χ0) is 14.8. The lowest BCUT2D eigenvalue weighted by Crippen LogP contribution is -2.10. The summed E-state index contributed by atoms with van der Waals surface area (Å²) in [5.74, 6) is 0. The lowest BCUT2D eigenvalue weighted by molar-refractivity contribution is -0.137. The normalized spacial score (nSPS) is 14.1. The Morgan fingerprint density at radius 3 is 1.79 bits per heavy atom. The summed E-state index contributed by atoms with van der Waals surface area (Å²) in [4.78, 5) is 10.6. The minimum absolute atomic E-state index is 0.154. The second-order valence-electron chi connectivity index (χ2n) is 3.42. The lowest BCUT2D eigenvalue weighted by Gasteiger charge is -2.10. The summed E-state index contributed by atoms with van der Waals surface area (Å²) in [6, 6.07) is 2.64. The Morgan fingerprint density at radius 1 is 1.00 bits per heavy atom. The molecule has 1 nitrogen and oxygen atoms in total. The Hall–Kier alpha value is -1.50. The van der Waals surface area contributed by atoms with E-state index in [0.29, 0.717) is 12.1 Å². The fourth-order valence-electron chi connectivity index (χ4n) is 1.24. The second-order valence-corrected chi connectivity index (χ2v) is 3.80. The maximum atomic E-state index is 12.3. The predicted octanol–water partition coefficient (Wildman–Crippen LogP) is 4.42. The van der Waals surface area contributed by atoms with Crippen LogP contribution in [0, 0.1) is 0 Å². The summed E-state index contributed by atoms with van der Waals surface area (Å²) in [6.07, 6.45) is -9.71. The molecule has 1 aromatic rings. The molecule has 0 bridgehead atoms. The fraction of sp³-hybridized carbons (Fsp3) is 0.182. The molecule has 0 atom stereocenters. The standard InChI is InChI=1S/C11H5ClF6O/c12-9(11(16,17)18)8(5-19)6-1-3-7(4-2-6)10(13,14)15/h1-5H/b9-8-. The molecule has 8 heteroatoms. The van der Waals surface area contributed by atoms with E-state index >= 15 is 0 Å². The number of rotatable bonds is 2.